The van der Waals surface area contributed by atoms with Gasteiger partial charge in [-0.1, -0.05) is 37.6 Å². The van der Waals surface area contributed by atoms with Crippen LogP contribution in [0.25, 0.3) is 10.9 Å². The highest BCUT2D eigenvalue weighted by molar-refractivity contribution is 6.35. The van der Waals surface area contributed by atoms with Gasteiger partial charge in [0.25, 0.3) is 0 Å². The summed E-state index contributed by atoms with van der Waals surface area (Å²) in [6.07, 6.45) is 6.60. The van der Waals surface area contributed by atoms with E-state index in [1.165, 1.54) is 0 Å². The first-order valence-corrected chi connectivity index (χ1v) is 8.54. The lowest BCUT2D eigenvalue weighted by molar-refractivity contribution is 0.470. The second kappa shape index (κ2) is 8.81. The minimum Gasteiger partial charge on any atom is -0.505 e. The van der Waals surface area contributed by atoms with Gasteiger partial charge in [-0.15, -0.1) is 0 Å². The van der Waals surface area contributed by atoms with Gasteiger partial charge >= 0.3 is 0 Å². The van der Waals surface area contributed by atoms with E-state index in [0.29, 0.717) is 41.2 Å². The Morgan fingerprint density at radius 2 is 2.12 bits per heavy atom. The largest absolute Gasteiger partial charge is 0.505 e. The van der Waals surface area contributed by atoms with E-state index in [1.807, 2.05) is 26.0 Å². The molecule has 0 fully saturated rings. The zero-order valence-corrected chi connectivity index (χ0v) is 14.7. The lowest BCUT2D eigenvalue weighted by Gasteiger charge is -2.13. The molecule has 2 N–H and O–H groups in total. The molecule has 24 heavy (non-hydrogen) atoms. The Labute approximate surface area is 146 Å². The molecular weight excluding hydrogens is 327 g/mol. The molecule has 0 amide bonds. The molecule has 0 saturated carbocycles. The van der Waals surface area contributed by atoms with Crippen LogP contribution in [0.15, 0.2) is 47.9 Å². The number of allylic oxidation sites excluding steroid dienone is 2. The van der Waals surface area contributed by atoms with Crippen LogP contribution in [0, 0.1) is 0 Å². The Kier molecular flexibility index (Phi) is 6.76. The van der Waals surface area contributed by atoms with Gasteiger partial charge in [-0.2, -0.15) is 0 Å². The van der Waals surface area contributed by atoms with Gasteiger partial charge < -0.3 is 10.4 Å². The summed E-state index contributed by atoms with van der Waals surface area (Å²) in [6, 6.07) is 5.31. The fraction of sp³-hybridized carbons (Fsp3) is 0.316. The number of phenols is 1. The van der Waals surface area contributed by atoms with E-state index in [1.54, 1.807) is 24.4 Å². The number of hydrogen-bond donors (Lipinski definition) is 2. The van der Waals surface area contributed by atoms with E-state index in [0.717, 1.165) is 11.8 Å². The molecular formula is C19H22ClFN2O. The number of phenolic OH excluding ortho intramolecular Hbond substituents is 1. The molecule has 1 aromatic carbocycles. The van der Waals surface area contributed by atoms with Crippen LogP contribution in [-0.2, 0) is 6.54 Å². The summed E-state index contributed by atoms with van der Waals surface area (Å²) >= 11 is 6.23. The van der Waals surface area contributed by atoms with E-state index >= 15 is 0 Å². The lowest BCUT2D eigenvalue weighted by atomic mass is 10.1. The minimum atomic E-state index is -0.0718. The third-order valence-electron chi connectivity index (χ3n) is 3.72. The molecule has 1 aliphatic carbocycles. The molecule has 3 nitrogen and oxygen atoms in total. The van der Waals surface area contributed by atoms with Crippen molar-refractivity contribution >= 4 is 22.5 Å². The second-order valence-corrected chi connectivity index (χ2v) is 5.65. The molecule has 0 saturated heterocycles. The Balaban J connectivity index is 0.00000100. The van der Waals surface area contributed by atoms with Crippen LogP contribution >= 0.6 is 11.6 Å². The van der Waals surface area contributed by atoms with Crippen LogP contribution < -0.4 is 5.32 Å². The molecule has 2 aromatic rings. The van der Waals surface area contributed by atoms with E-state index in [2.05, 4.69) is 10.3 Å². The summed E-state index contributed by atoms with van der Waals surface area (Å²) < 4.78 is 13.6. The van der Waals surface area contributed by atoms with E-state index < -0.39 is 0 Å². The van der Waals surface area contributed by atoms with Crippen LogP contribution in [0.2, 0.25) is 5.02 Å². The summed E-state index contributed by atoms with van der Waals surface area (Å²) in [7, 11) is 0. The summed E-state index contributed by atoms with van der Waals surface area (Å²) in [6.45, 7) is 4.81. The SMILES string of the molecule is CC.Oc1c(CNCC2=C(F)CCC=C2)cc(Cl)c2cccnc12. The number of hydrogen-bond acceptors (Lipinski definition) is 3. The number of pyridine rings is 1. The molecule has 1 heterocycles. The number of fused-ring (bicyclic) bond motifs is 1. The maximum Gasteiger partial charge on any atom is 0.146 e. The average molecular weight is 349 g/mol. The van der Waals surface area contributed by atoms with Gasteiger partial charge in [0.1, 0.15) is 17.1 Å². The van der Waals surface area contributed by atoms with Crippen molar-refractivity contribution in [1.29, 1.82) is 0 Å². The van der Waals surface area contributed by atoms with E-state index in [4.69, 9.17) is 11.6 Å². The molecule has 0 spiro atoms. The van der Waals surface area contributed by atoms with Crippen molar-refractivity contribution in [2.24, 2.45) is 0 Å². The van der Waals surface area contributed by atoms with E-state index in [-0.39, 0.29) is 11.6 Å². The van der Waals surface area contributed by atoms with Gasteiger partial charge in [-0.05, 0) is 30.2 Å². The maximum atomic E-state index is 13.6. The number of rotatable bonds is 4. The van der Waals surface area contributed by atoms with Gasteiger partial charge in [0.2, 0.25) is 0 Å². The number of halogens is 2. The van der Waals surface area contributed by atoms with Crippen molar-refractivity contribution in [3.8, 4) is 5.75 Å². The Morgan fingerprint density at radius 1 is 1.33 bits per heavy atom. The van der Waals surface area contributed by atoms with E-state index in [9.17, 15) is 9.50 Å². The molecule has 0 unspecified atom stereocenters. The maximum absolute atomic E-state index is 13.6. The summed E-state index contributed by atoms with van der Waals surface area (Å²) in [5.74, 6) is 0.0403. The first-order valence-electron chi connectivity index (χ1n) is 8.16. The molecule has 0 atom stereocenters. The summed E-state index contributed by atoms with van der Waals surface area (Å²) in [4.78, 5) is 4.17. The van der Waals surface area contributed by atoms with Gasteiger partial charge in [0, 0.05) is 36.7 Å². The zero-order valence-electron chi connectivity index (χ0n) is 13.9. The Morgan fingerprint density at radius 3 is 2.88 bits per heavy atom. The fourth-order valence-corrected chi connectivity index (χ4v) is 2.83. The predicted molar refractivity (Wildman–Crippen MR) is 98.0 cm³/mol. The molecule has 1 aliphatic rings. The van der Waals surface area contributed by atoms with Gasteiger partial charge in [0.15, 0.2) is 0 Å². The Hall–Kier alpha value is -1.91. The summed E-state index contributed by atoms with van der Waals surface area (Å²) in [5, 5.41) is 14.7. The van der Waals surface area contributed by atoms with Gasteiger partial charge in [0.05, 0.1) is 5.02 Å². The standard InChI is InChI=1S/C17H16ClFN2O.C2H6/c18-14-8-12(17(22)16-13(14)5-3-7-21-16)10-20-9-11-4-1-2-6-15(11)19;1-2/h1,3-5,7-8,20,22H,2,6,9-10H2;1-2H3. The molecule has 3 rings (SSSR count). The Bertz CT molecular complexity index is 771. The van der Waals surface area contributed by atoms with Crippen molar-refractivity contribution < 1.29 is 9.50 Å². The number of aromatic hydroxyl groups is 1. The number of nitrogens with one attached hydrogen (secondary N) is 1. The van der Waals surface area contributed by atoms with Gasteiger partial charge in [-0.3, -0.25) is 4.98 Å². The normalized spacial score (nSPS) is 13.8. The second-order valence-electron chi connectivity index (χ2n) is 5.24. The molecule has 0 radical (unpaired) electrons. The molecule has 128 valence electrons. The van der Waals surface area contributed by atoms with Crippen molar-refractivity contribution in [2.75, 3.05) is 6.54 Å². The minimum absolute atomic E-state index is 0.0718. The fourth-order valence-electron chi connectivity index (χ4n) is 2.55. The monoisotopic (exact) mass is 348 g/mol. The molecule has 1 aromatic heterocycles. The predicted octanol–water partition coefficient (Wildman–Crippen LogP) is 5.28. The number of nitrogens with zero attached hydrogens (tertiary/aromatic N) is 1. The summed E-state index contributed by atoms with van der Waals surface area (Å²) in [5.41, 5.74) is 1.79. The first kappa shape index (κ1) is 18.4. The molecule has 5 heteroatoms. The third kappa shape index (κ3) is 4.13. The molecule has 0 bridgehead atoms. The van der Waals surface area contributed by atoms with Crippen LogP contribution in [-0.4, -0.2) is 16.6 Å². The van der Waals surface area contributed by atoms with Crippen LogP contribution in [0.5, 0.6) is 5.75 Å². The van der Waals surface area contributed by atoms with Crippen molar-refractivity contribution in [1.82, 2.24) is 10.3 Å². The smallest absolute Gasteiger partial charge is 0.146 e. The quantitative estimate of drug-likeness (QED) is 0.789. The van der Waals surface area contributed by atoms with Gasteiger partial charge in [-0.25, -0.2) is 4.39 Å². The van der Waals surface area contributed by atoms with Crippen LogP contribution in [0.3, 0.4) is 0 Å². The lowest BCUT2D eigenvalue weighted by Crippen LogP contribution is -2.17. The van der Waals surface area contributed by atoms with Crippen molar-refractivity contribution in [3.63, 3.8) is 0 Å². The number of aromatic nitrogens is 1. The van der Waals surface area contributed by atoms with Crippen LogP contribution in [0.4, 0.5) is 4.39 Å². The third-order valence-corrected chi connectivity index (χ3v) is 4.04. The highest BCUT2D eigenvalue weighted by Crippen LogP contribution is 2.32. The first-order chi connectivity index (χ1) is 11.7. The highest BCUT2D eigenvalue weighted by Gasteiger charge is 2.12. The van der Waals surface area contributed by atoms with Crippen LogP contribution in [0.1, 0.15) is 32.3 Å². The number of benzene rings is 1. The molecule has 0 aliphatic heterocycles. The topological polar surface area (TPSA) is 45.1 Å². The van der Waals surface area contributed by atoms with Crippen molar-refractivity contribution in [3.05, 3.63) is 58.5 Å². The zero-order chi connectivity index (χ0) is 17.5. The average Bonchev–Trinajstić information content (AvgIpc) is 2.62. The van der Waals surface area contributed by atoms with Crippen molar-refractivity contribution in [2.45, 2.75) is 33.2 Å². The highest BCUT2D eigenvalue weighted by atomic mass is 35.5.